The second kappa shape index (κ2) is 7.95. The van der Waals surface area contributed by atoms with Gasteiger partial charge in [0.1, 0.15) is 0 Å². The Kier molecular flexibility index (Phi) is 6.24. The molecule has 1 aromatic rings. The topological polar surface area (TPSA) is 52.6 Å². The number of likely N-dealkylation sites (tertiary alicyclic amines) is 1. The molecule has 0 bridgehead atoms. The third kappa shape index (κ3) is 4.22. The van der Waals surface area contributed by atoms with E-state index in [0.717, 1.165) is 31.0 Å². The molecule has 2 aliphatic heterocycles. The Morgan fingerprint density at radius 3 is 2.45 bits per heavy atom. The molecule has 0 saturated carbocycles. The van der Waals surface area contributed by atoms with Crippen molar-refractivity contribution in [1.29, 1.82) is 0 Å². The lowest BCUT2D eigenvalue weighted by atomic mass is 9.97. The van der Waals surface area contributed by atoms with Crippen LogP contribution in [-0.4, -0.2) is 48.2 Å². The first kappa shape index (κ1) is 17.3. The van der Waals surface area contributed by atoms with Crippen molar-refractivity contribution in [1.82, 2.24) is 10.2 Å². The van der Waals surface area contributed by atoms with Crippen molar-refractivity contribution in [2.24, 2.45) is 5.92 Å². The van der Waals surface area contributed by atoms with Crippen LogP contribution in [0.4, 0.5) is 0 Å². The lowest BCUT2D eigenvalue weighted by molar-refractivity contribution is 0.0546. The highest BCUT2D eigenvalue weighted by atomic mass is 35.5. The maximum atomic E-state index is 12.4. The molecule has 22 heavy (non-hydrogen) atoms. The van der Waals surface area contributed by atoms with Crippen molar-refractivity contribution < 1.29 is 9.90 Å². The van der Waals surface area contributed by atoms with Crippen LogP contribution < -0.4 is 5.32 Å². The Hall–Kier alpha value is -1.10. The molecule has 1 aromatic carbocycles. The highest BCUT2D eigenvalue weighted by Crippen LogP contribution is 2.18. The summed E-state index contributed by atoms with van der Waals surface area (Å²) in [5, 5.41) is 12.9. The third-order valence-electron chi connectivity index (χ3n) is 4.64. The number of carbonyl (C=O) groups is 1. The van der Waals surface area contributed by atoms with Crippen molar-refractivity contribution in [3.8, 4) is 0 Å². The van der Waals surface area contributed by atoms with Crippen molar-refractivity contribution in [2.45, 2.75) is 31.8 Å². The maximum absolute atomic E-state index is 12.4. The predicted octanol–water partition coefficient (Wildman–Crippen LogP) is 1.86. The number of amides is 1. The van der Waals surface area contributed by atoms with Gasteiger partial charge in [0.25, 0.3) is 5.91 Å². The number of rotatable bonds is 3. The number of halogens is 1. The van der Waals surface area contributed by atoms with Gasteiger partial charge in [-0.25, -0.2) is 0 Å². The van der Waals surface area contributed by atoms with Crippen molar-refractivity contribution in [2.75, 3.05) is 26.2 Å². The molecule has 122 valence electrons. The summed E-state index contributed by atoms with van der Waals surface area (Å²) >= 11 is 0. The molecule has 1 unspecified atom stereocenters. The Morgan fingerprint density at radius 1 is 1.18 bits per heavy atom. The number of hydrogen-bond acceptors (Lipinski definition) is 3. The molecule has 2 heterocycles. The zero-order valence-electron chi connectivity index (χ0n) is 12.8. The van der Waals surface area contributed by atoms with Gasteiger partial charge in [0.2, 0.25) is 0 Å². The van der Waals surface area contributed by atoms with Gasteiger partial charge in [0, 0.05) is 18.7 Å². The normalized spacial score (nSPS) is 22.4. The third-order valence-corrected chi connectivity index (χ3v) is 4.64. The highest BCUT2D eigenvalue weighted by Gasteiger charge is 2.22. The van der Waals surface area contributed by atoms with E-state index >= 15 is 0 Å². The number of piperidine rings is 1. The molecular weight excluding hydrogens is 300 g/mol. The van der Waals surface area contributed by atoms with Crippen LogP contribution in [0.25, 0.3) is 0 Å². The molecule has 2 aliphatic rings. The number of nitrogens with one attached hydrogen (secondary N) is 1. The molecule has 0 radical (unpaired) electrons. The van der Waals surface area contributed by atoms with E-state index < -0.39 is 0 Å². The number of benzene rings is 1. The van der Waals surface area contributed by atoms with Gasteiger partial charge >= 0.3 is 0 Å². The van der Waals surface area contributed by atoms with Crippen LogP contribution in [0, 0.1) is 5.92 Å². The minimum atomic E-state index is -0.239. The van der Waals surface area contributed by atoms with Gasteiger partial charge in [-0.05, 0) is 62.4 Å². The number of aliphatic hydroxyl groups excluding tert-OH is 1. The largest absolute Gasteiger partial charge is 0.393 e. The fourth-order valence-corrected chi connectivity index (χ4v) is 3.26. The monoisotopic (exact) mass is 324 g/mol. The maximum Gasteiger partial charge on any atom is 0.253 e. The summed E-state index contributed by atoms with van der Waals surface area (Å²) in [7, 11) is 0. The summed E-state index contributed by atoms with van der Waals surface area (Å²) in [5.41, 5.74) is 2.08. The molecule has 2 fully saturated rings. The first-order chi connectivity index (χ1) is 10.2. The van der Waals surface area contributed by atoms with Crippen LogP contribution >= 0.6 is 12.4 Å². The second-order valence-electron chi connectivity index (χ2n) is 6.28. The quantitative estimate of drug-likeness (QED) is 0.892. The Labute approximate surface area is 138 Å². The SMILES string of the molecule is Cl.O=C(c1ccc(CC2CCNC2)cc1)N1CCC(O)CC1. The molecule has 1 amide bonds. The Morgan fingerprint density at radius 2 is 1.86 bits per heavy atom. The number of aliphatic hydroxyl groups is 1. The summed E-state index contributed by atoms with van der Waals surface area (Å²) < 4.78 is 0. The smallest absolute Gasteiger partial charge is 0.253 e. The van der Waals surface area contributed by atoms with Crippen molar-refractivity contribution >= 4 is 18.3 Å². The van der Waals surface area contributed by atoms with Crippen LogP contribution in [0.3, 0.4) is 0 Å². The van der Waals surface area contributed by atoms with Crippen LogP contribution in [-0.2, 0) is 6.42 Å². The number of carbonyl (C=O) groups excluding carboxylic acids is 1. The lowest BCUT2D eigenvalue weighted by Gasteiger charge is -2.29. The van der Waals surface area contributed by atoms with Crippen molar-refractivity contribution in [3.05, 3.63) is 35.4 Å². The number of nitrogens with zero attached hydrogens (tertiary/aromatic N) is 1. The standard InChI is InChI=1S/C17H24N2O2.ClH/c20-16-6-9-19(10-7-16)17(21)15-3-1-13(2-4-15)11-14-5-8-18-12-14;/h1-4,14,16,18,20H,5-12H2;1H. The van der Waals surface area contributed by atoms with Gasteiger partial charge in [0.05, 0.1) is 6.10 Å². The Bertz CT molecular complexity index is 478. The molecule has 0 aromatic heterocycles. The molecule has 0 aliphatic carbocycles. The summed E-state index contributed by atoms with van der Waals surface area (Å²) in [6, 6.07) is 8.07. The van der Waals surface area contributed by atoms with E-state index in [1.165, 1.54) is 12.0 Å². The Balaban J connectivity index is 0.00000176. The summed E-state index contributed by atoms with van der Waals surface area (Å²) in [6.07, 6.45) is 3.49. The number of hydrogen-bond donors (Lipinski definition) is 2. The van der Waals surface area contributed by atoms with Gasteiger partial charge < -0.3 is 15.3 Å². The van der Waals surface area contributed by atoms with Gasteiger partial charge in [-0.2, -0.15) is 0 Å². The zero-order valence-corrected chi connectivity index (χ0v) is 13.6. The minimum Gasteiger partial charge on any atom is -0.393 e. The molecule has 3 rings (SSSR count). The van der Waals surface area contributed by atoms with E-state index in [1.54, 1.807) is 0 Å². The van der Waals surface area contributed by atoms with Gasteiger partial charge in [-0.15, -0.1) is 12.4 Å². The molecule has 4 nitrogen and oxygen atoms in total. The first-order valence-corrected chi connectivity index (χ1v) is 7.99. The van der Waals surface area contributed by atoms with Crippen LogP contribution in [0.5, 0.6) is 0 Å². The highest BCUT2D eigenvalue weighted by molar-refractivity contribution is 5.94. The van der Waals surface area contributed by atoms with E-state index in [0.29, 0.717) is 25.9 Å². The van der Waals surface area contributed by atoms with Gasteiger partial charge in [-0.1, -0.05) is 12.1 Å². The molecule has 5 heteroatoms. The average Bonchev–Trinajstić information content (AvgIpc) is 3.01. The van der Waals surface area contributed by atoms with Gasteiger partial charge in [0.15, 0.2) is 0 Å². The van der Waals surface area contributed by atoms with Crippen LogP contribution in [0.2, 0.25) is 0 Å². The van der Waals surface area contributed by atoms with E-state index in [1.807, 2.05) is 17.0 Å². The molecule has 2 saturated heterocycles. The fraction of sp³-hybridized carbons (Fsp3) is 0.588. The summed E-state index contributed by atoms with van der Waals surface area (Å²) in [6.45, 7) is 3.56. The van der Waals surface area contributed by atoms with Crippen LogP contribution in [0.1, 0.15) is 35.2 Å². The molecule has 0 spiro atoms. The fourth-order valence-electron chi connectivity index (χ4n) is 3.26. The summed E-state index contributed by atoms with van der Waals surface area (Å²) in [4.78, 5) is 14.2. The molecule has 1 atom stereocenters. The van der Waals surface area contributed by atoms with Crippen LogP contribution in [0.15, 0.2) is 24.3 Å². The molecular formula is C17H25ClN2O2. The predicted molar refractivity (Wildman–Crippen MR) is 89.5 cm³/mol. The summed E-state index contributed by atoms with van der Waals surface area (Å²) in [5.74, 6) is 0.825. The zero-order chi connectivity index (χ0) is 14.7. The van der Waals surface area contributed by atoms with E-state index in [-0.39, 0.29) is 24.4 Å². The van der Waals surface area contributed by atoms with E-state index in [9.17, 15) is 9.90 Å². The average molecular weight is 325 g/mol. The minimum absolute atomic E-state index is 0. The van der Waals surface area contributed by atoms with E-state index in [4.69, 9.17) is 0 Å². The first-order valence-electron chi connectivity index (χ1n) is 7.99. The second-order valence-corrected chi connectivity index (χ2v) is 6.28. The van der Waals surface area contributed by atoms with Gasteiger partial charge in [-0.3, -0.25) is 4.79 Å². The van der Waals surface area contributed by atoms with E-state index in [2.05, 4.69) is 17.4 Å². The lowest BCUT2D eigenvalue weighted by Crippen LogP contribution is -2.40. The van der Waals surface area contributed by atoms with Crippen molar-refractivity contribution in [3.63, 3.8) is 0 Å². The molecule has 2 N–H and O–H groups in total.